The van der Waals surface area contributed by atoms with E-state index in [4.69, 9.17) is 5.73 Å². The molecule has 0 spiro atoms. The van der Waals surface area contributed by atoms with Gasteiger partial charge in [-0.05, 0) is 18.9 Å². The lowest BCUT2D eigenvalue weighted by Gasteiger charge is -2.06. The van der Waals surface area contributed by atoms with E-state index < -0.39 is 11.0 Å². The summed E-state index contributed by atoms with van der Waals surface area (Å²) in [6.45, 7) is 5.43. The average molecular weight is 238 g/mol. The fourth-order valence-corrected chi connectivity index (χ4v) is 1.15. The smallest absolute Gasteiger partial charge is 0.269 e. The number of rotatable bonds is 4. The van der Waals surface area contributed by atoms with Gasteiger partial charge in [0, 0.05) is 12.1 Å². The molecule has 0 aliphatic heterocycles. The first-order valence-corrected chi connectivity index (χ1v) is 5.50. The first-order valence-electron chi connectivity index (χ1n) is 5.50. The Morgan fingerprint density at radius 2 is 1.82 bits per heavy atom. The molecule has 17 heavy (non-hydrogen) atoms. The number of carbonyl (C=O) groups is 1. The summed E-state index contributed by atoms with van der Waals surface area (Å²) >= 11 is 0. The zero-order chi connectivity index (χ0) is 13.4. The highest BCUT2D eigenvalue weighted by atomic mass is 16.6. The van der Waals surface area contributed by atoms with Crippen molar-refractivity contribution in [2.24, 2.45) is 5.73 Å². The highest BCUT2D eigenvalue weighted by Crippen LogP contribution is 2.12. The largest absolute Gasteiger partial charge is 0.321 e. The highest BCUT2D eigenvalue weighted by molar-refractivity contribution is 5.81. The minimum atomic E-state index is -0.536. The predicted molar refractivity (Wildman–Crippen MR) is 66.8 cm³/mol. The van der Waals surface area contributed by atoms with Crippen LogP contribution in [-0.2, 0) is 11.2 Å². The highest BCUT2D eigenvalue weighted by Gasteiger charge is 2.10. The van der Waals surface area contributed by atoms with Gasteiger partial charge in [-0.25, -0.2) is 0 Å². The van der Waals surface area contributed by atoms with E-state index in [2.05, 4.69) is 0 Å². The zero-order valence-corrected chi connectivity index (χ0v) is 10.3. The Kier molecular flexibility index (Phi) is 6.74. The van der Waals surface area contributed by atoms with Gasteiger partial charge in [0.2, 0.25) is 0 Å². The number of nitrogens with zero attached hydrogens (tertiary/aromatic N) is 1. The minimum Gasteiger partial charge on any atom is -0.321 e. The minimum absolute atomic E-state index is 0.0372. The molecule has 0 fully saturated rings. The Morgan fingerprint density at radius 1 is 1.35 bits per heavy atom. The van der Waals surface area contributed by atoms with Gasteiger partial charge in [-0.1, -0.05) is 26.0 Å². The third-order valence-corrected chi connectivity index (χ3v) is 2.12. The lowest BCUT2D eigenvalue weighted by Crippen LogP contribution is -2.30. The van der Waals surface area contributed by atoms with Crippen molar-refractivity contribution in [2.75, 3.05) is 0 Å². The number of ketones is 1. The Balaban J connectivity index is 0.00000121. The van der Waals surface area contributed by atoms with Crippen LogP contribution in [0.15, 0.2) is 24.3 Å². The van der Waals surface area contributed by atoms with Crippen LogP contribution < -0.4 is 5.73 Å². The van der Waals surface area contributed by atoms with E-state index in [0.29, 0.717) is 6.42 Å². The molecule has 1 rings (SSSR count). The first-order chi connectivity index (χ1) is 8.00. The number of benzene rings is 1. The molecule has 0 aromatic heterocycles. The van der Waals surface area contributed by atoms with Crippen molar-refractivity contribution in [3.63, 3.8) is 0 Å². The van der Waals surface area contributed by atoms with Crippen molar-refractivity contribution >= 4 is 11.5 Å². The Bertz CT molecular complexity index is 374. The van der Waals surface area contributed by atoms with Crippen molar-refractivity contribution in [3.8, 4) is 0 Å². The van der Waals surface area contributed by atoms with Gasteiger partial charge in [0.05, 0.1) is 11.0 Å². The molecule has 0 saturated carbocycles. The van der Waals surface area contributed by atoms with Crippen LogP contribution in [0.25, 0.3) is 0 Å². The number of nitro groups is 1. The van der Waals surface area contributed by atoms with Crippen LogP contribution in [0.2, 0.25) is 0 Å². The molecule has 0 saturated heterocycles. The molecule has 0 aliphatic rings. The summed E-state index contributed by atoms with van der Waals surface area (Å²) in [4.78, 5) is 20.8. The van der Waals surface area contributed by atoms with Crippen molar-refractivity contribution in [1.82, 2.24) is 0 Å². The third-order valence-electron chi connectivity index (χ3n) is 2.12. The van der Waals surface area contributed by atoms with Gasteiger partial charge < -0.3 is 5.73 Å². The second-order valence-electron chi connectivity index (χ2n) is 3.34. The number of Topliss-reactive ketones (excluding diaryl/α,β-unsaturated/α-hetero) is 1. The number of nitrogens with two attached hydrogens (primary N) is 1. The van der Waals surface area contributed by atoms with Gasteiger partial charge in [-0.15, -0.1) is 0 Å². The normalized spacial score (nSPS) is 11.1. The maximum Gasteiger partial charge on any atom is 0.269 e. The molecule has 5 nitrogen and oxygen atoms in total. The SMILES string of the molecule is CC.CC(=O)[C@@H](N)Cc1ccc([N+](=O)[O-])cc1. The quantitative estimate of drug-likeness (QED) is 0.642. The summed E-state index contributed by atoms with van der Waals surface area (Å²) in [7, 11) is 0. The van der Waals surface area contributed by atoms with Crippen molar-refractivity contribution < 1.29 is 9.72 Å². The molecule has 0 aliphatic carbocycles. The molecule has 0 radical (unpaired) electrons. The summed E-state index contributed by atoms with van der Waals surface area (Å²) in [5.74, 6) is -0.0895. The van der Waals surface area contributed by atoms with E-state index in [9.17, 15) is 14.9 Å². The topological polar surface area (TPSA) is 86.2 Å². The molecule has 1 aromatic carbocycles. The lowest BCUT2D eigenvalue weighted by molar-refractivity contribution is -0.384. The summed E-state index contributed by atoms with van der Waals surface area (Å²) in [5.41, 5.74) is 6.42. The van der Waals surface area contributed by atoms with Gasteiger partial charge >= 0.3 is 0 Å². The number of hydrogen-bond acceptors (Lipinski definition) is 4. The van der Waals surface area contributed by atoms with E-state index in [-0.39, 0.29) is 11.5 Å². The molecule has 1 aromatic rings. The summed E-state index contributed by atoms with van der Waals surface area (Å²) < 4.78 is 0. The molecule has 0 amide bonds. The summed E-state index contributed by atoms with van der Waals surface area (Å²) in [6, 6.07) is 5.50. The molecule has 5 heteroatoms. The molecule has 0 unspecified atom stereocenters. The van der Waals surface area contributed by atoms with Gasteiger partial charge in [0.25, 0.3) is 5.69 Å². The van der Waals surface area contributed by atoms with E-state index in [1.54, 1.807) is 12.1 Å². The van der Waals surface area contributed by atoms with Crippen LogP contribution in [0.5, 0.6) is 0 Å². The fourth-order valence-electron chi connectivity index (χ4n) is 1.15. The van der Waals surface area contributed by atoms with Crippen molar-refractivity contribution in [3.05, 3.63) is 39.9 Å². The Labute approximate surface area is 101 Å². The molecule has 0 heterocycles. The number of hydrogen-bond donors (Lipinski definition) is 1. The predicted octanol–water partition coefficient (Wildman–Crippen LogP) is 2.08. The van der Waals surface area contributed by atoms with Crippen LogP contribution in [-0.4, -0.2) is 16.7 Å². The summed E-state index contributed by atoms with van der Waals surface area (Å²) in [6.07, 6.45) is 0.410. The molecule has 1 atom stereocenters. The Morgan fingerprint density at radius 3 is 2.18 bits per heavy atom. The van der Waals surface area contributed by atoms with Crippen LogP contribution in [0.4, 0.5) is 5.69 Å². The molecular weight excluding hydrogens is 220 g/mol. The van der Waals surface area contributed by atoms with E-state index in [1.165, 1.54) is 19.1 Å². The maximum atomic E-state index is 10.9. The number of carbonyl (C=O) groups excluding carboxylic acids is 1. The molecule has 94 valence electrons. The van der Waals surface area contributed by atoms with Gasteiger partial charge in [0.15, 0.2) is 0 Å². The average Bonchev–Trinajstić information content (AvgIpc) is 2.32. The van der Waals surface area contributed by atoms with Crippen LogP contribution in [0.3, 0.4) is 0 Å². The second-order valence-corrected chi connectivity index (χ2v) is 3.34. The number of nitro benzene ring substituents is 1. The van der Waals surface area contributed by atoms with Crippen molar-refractivity contribution in [1.29, 1.82) is 0 Å². The van der Waals surface area contributed by atoms with Crippen molar-refractivity contribution in [2.45, 2.75) is 33.2 Å². The standard InChI is InChI=1S/C10H12N2O3.C2H6/c1-7(13)10(11)6-8-2-4-9(5-3-8)12(14)15;1-2/h2-5,10H,6,11H2,1H3;1-2H3/t10-;/m0./s1. The second kappa shape index (κ2) is 7.51. The van der Waals surface area contributed by atoms with Crippen LogP contribution >= 0.6 is 0 Å². The fraction of sp³-hybridized carbons (Fsp3) is 0.417. The van der Waals surface area contributed by atoms with Gasteiger partial charge in [0.1, 0.15) is 5.78 Å². The molecular formula is C12H18N2O3. The maximum absolute atomic E-state index is 10.9. The first kappa shape index (κ1) is 15.2. The third kappa shape index (κ3) is 5.21. The number of non-ortho nitro benzene ring substituents is 1. The monoisotopic (exact) mass is 238 g/mol. The Hall–Kier alpha value is -1.75. The summed E-state index contributed by atoms with van der Waals surface area (Å²) in [5, 5.41) is 10.4. The van der Waals surface area contributed by atoms with E-state index in [1.807, 2.05) is 13.8 Å². The van der Waals surface area contributed by atoms with Gasteiger partial charge in [-0.2, -0.15) is 0 Å². The molecule has 2 N–H and O–H groups in total. The van der Waals surface area contributed by atoms with Crippen LogP contribution in [0.1, 0.15) is 26.3 Å². The van der Waals surface area contributed by atoms with E-state index >= 15 is 0 Å². The lowest BCUT2D eigenvalue weighted by atomic mass is 10.0. The molecule has 0 bridgehead atoms. The van der Waals surface area contributed by atoms with E-state index in [0.717, 1.165) is 5.56 Å². The zero-order valence-electron chi connectivity index (χ0n) is 10.3. The van der Waals surface area contributed by atoms with Crippen LogP contribution in [0, 0.1) is 10.1 Å². The van der Waals surface area contributed by atoms with Gasteiger partial charge in [-0.3, -0.25) is 14.9 Å².